The first-order valence-electron chi connectivity index (χ1n) is 10.9. The quantitative estimate of drug-likeness (QED) is 0.443. The van der Waals surface area contributed by atoms with Gasteiger partial charge in [0.25, 0.3) is 0 Å². The number of nitrogens with zero attached hydrogens (tertiary/aromatic N) is 4. The summed E-state index contributed by atoms with van der Waals surface area (Å²) in [7, 11) is 6.34. The first kappa shape index (κ1) is 25.9. The van der Waals surface area contributed by atoms with Gasteiger partial charge < -0.3 is 19.9 Å². The van der Waals surface area contributed by atoms with Gasteiger partial charge in [0.05, 0.1) is 6.07 Å². The summed E-state index contributed by atoms with van der Waals surface area (Å²) in [6, 6.07) is 11.9. The molecular formula is C23H39N5O2. The number of carbonyl (C=O) groups is 1. The van der Waals surface area contributed by atoms with Crippen LogP contribution in [0.4, 0.5) is 4.79 Å². The second-order valence-electron chi connectivity index (χ2n) is 7.93. The second-order valence-corrected chi connectivity index (χ2v) is 7.93. The minimum Gasteiger partial charge on any atom is -0.445 e. The van der Waals surface area contributed by atoms with E-state index < -0.39 is 6.09 Å². The summed E-state index contributed by atoms with van der Waals surface area (Å²) in [5.41, 5.74) is 0.936. The Morgan fingerprint density at radius 1 is 1.13 bits per heavy atom. The van der Waals surface area contributed by atoms with Gasteiger partial charge >= 0.3 is 6.09 Å². The van der Waals surface area contributed by atoms with E-state index in [4.69, 9.17) is 10.00 Å². The highest BCUT2D eigenvalue weighted by Crippen LogP contribution is 2.06. The predicted octanol–water partition coefficient (Wildman–Crippen LogP) is 2.79. The number of benzene rings is 1. The highest BCUT2D eigenvalue weighted by atomic mass is 16.6. The third-order valence-electron chi connectivity index (χ3n) is 5.04. The molecular weight excluding hydrogens is 378 g/mol. The molecule has 0 heterocycles. The van der Waals surface area contributed by atoms with E-state index in [1.165, 1.54) is 4.90 Å². The van der Waals surface area contributed by atoms with Crippen molar-refractivity contribution < 1.29 is 9.53 Å². The Balaban J connectivity index is 2.34. The van der Waals surface area contributed by atoms with E-state index >= 15 is 0 Å². The summed E-state index contributed by atoms with van der Waals surface area (Å²) in [4.78, 5) is 18.4. The van der Waals surface area contributed by atoms with Gasteiger partial charge in [-0.3, -0.25) is 4.90 Å². The third-order valence-corrected chi connectivity index (χ3v) is 5.04. The van der Waals surface area contributed by atoms with Crippen molar-refractivity contribution in [2.45, 2.75) is 38.8 Å². The highest BCUT2D eigenvalue weighted by molar-refractivity contribution is 5.67. The van der Waals surface area contributed by atoms with E-state index in [9.17, 15) is 4.79 Å². The molecule has 0 fully saturated rings. The van der Waals surface area contributed by atoms with Gasteiger partial charge in [-0.15, -0.1) is 0 Å². The predicted molar refractivity (Wildman–Crippen MR) is 121 cm³/mol. The number of rotatable bonds is 15. The van der Waals surface area contributed by atoms with Crippen LogP contribution in [0.1, 0.15) is 31.7 Å². The minimum atomic E-state index is -0.434. The van der Waals surface area contributed by atoms with Crippen molar-refractivity contribution in [1.82, 2.24) is 20.0 Å². The van der Waals surface area contributed by atoms with Crippen LogP contribution < -0.4 is 5.32 Å². The Bertz CT molecular complexity index is 618. The smallest absolute Gasteiger partial charge is 0.410 e. The van der Waals surface area contributed by atoms with Gasteiger partial charge in [-0.05, 0) is 59.1 Å². The molecule has 0 radical (unpaired) electrons. The molecule has 1 atom stereocenters. The molecule has 0 bridgehead atoms. The van der Waals surface area contributed by atoms with E-state index in [0.717, 1.165) is 51.0 Å². The van der Waals surface area contributed by atoms with Crippen molar-refractivity contribution in [3.63, 3.8) is 0 Å². The number of nitrogens with one attached hydrogen (secondary N) is 1. The molecule has 168 valence electrons. The van der Waals surface area contributed by atoms with Gasteiger partial charge in [0, 0.05) is 25.7 Å². The summed E-state index contributed by atoms with van der Waals surface area (Å²) < 4.78 is 5.38. The molecule has 0 saturated carbocycles. The largest absolute Gasteiger partial charge is 0.445 e. The molecule has 0 aliphatic carbocycles. The van der Waals surface area contributed by atoms with Crippen molar-refractivity contribution in [2.24, 2.45) is 0 Å². The first-order valence-corrected chi connectivity index (χ1v) is 10.9. The molecule has 0 spiro atoms. The number of amides is 1. The average molecular weight is 418 g/mol. The molecule has 1 amide bonds. The maximum absolute atomic E-state index is 12.4. The van der Waals surface area contributed by atoms with Crippen molar-refractivity contribution >= 4 is 6.09 Å². The number of nitriles is 1. The van der Waals surface area contributed by atoms with Crippen molar-refractivity contribution in [2.75, 3.05) is 60.4 Å². The van der Waals surface area contributed by atoms with Crippen LogP contribution in [0.3, 0.4) is 0 Å². The molecule has 1 N–H and O–H groups in total. The third kappa shape index (κ3) is 11.8. The molecule has 1 rings (SSSR count). The van der Waals surface area contributed by atoms with Crippen molar-refractivity contribution in [1.29, 1.82) is 5.26 Å². The van der Waals surface area contributed by atoms with Crippen LogP contribution in [-0.4, -0.2) is 87.2 Å². The number of hydrogen-bond acceptors (Lipinski definition) is 6. The molecule has 0 aliphatic rings. The van der Waals surface area contributed by atoms with E-state index in [-0.39, 0.29) is 13.2 Å². The summed E-state index contributed by atoms with van der Waals surface area (Å²) in [5, 5.41) is 12.7. The van der Waals surface area contributed by atoms with Crippen LogP contribution in [0.25, 0.3) is 0 Å². The van der Waals surface area contributed by atoms with Gasteiger partial charge in [0.1, 0.15) is 13.2 Å². The summed E-state index contributed by atoms with van der Waals surface area (Å²) in [6.07, 6.45) is 2.50. The first-order chi connectivity index (χ1) is 14.5. The fourth-order valence-electron chi connectivity index (χ4n) is 3.12. The SMILES string of the molecule is CCC(CCN(CC#N)C(=O)OCc1ccccc1)NCCN(C)CCCN(C)C. The summed E-state index contributed by atoms with van der Waals surface area (Å²) >= 11 is 0. The number of ether oxygens (including phenoxy) is 1. The molecule has 1 unspecified atom stereocenters. The maximum Gasteiger partial charge on any atom is 0.410 e. The zero-order valence-corrected chi connectivity index (χ0v) is 19.1. The van der Waals surface area contributed by atoms with Gasteiger partial charge in [-0.25, -0.2) is 4.79 Å². The van der Waals surface area contributed by atoms with Crippen LogP contribution >= 0.6 is 0 Å². The lowest BCUT2D eigenvalue weighted by Crippen LogP contribution is -2.40. The molecule has 0 saturated heterocycles. The lowest BCUT2D eigenvalue weighted by Gasteiger charge is -2.24. The summed E-state index contributed by atoms with van der Waals surface area (Å²) in [6.45, 7) is 6.99. The Hall–Kier alpha value is -2.14. The molecule has 0 aromatic heterocycles. The number of carbonyl (C=O) groups excluding carboxylic acids is 1. The molecule has 1 aromatic carbocycles. The molecule has 30 heavy (non-hydrogen) atoms. The van der Waals surface area contributed by atoms with Gasteiger partial charge in [-0.2, -0.15) is 5.26 Å². The van der Waals surface area contributed by atoms with Crippen LogP contribution in [0, 0.1) is 11.3 Å². The monoisotopic (exact) mass is 417 g/mol. The standard InChI is InChI=1S/C23H39N5O2/c1-5-22(25-14-19-27(4)16-9-15-26(2)3)12-17-28(18-13-24)23(29)30-20-21-10-7-6-8-11-21/h6-8,10-11,22,25H,5,9,12,14-20H2,1-4H3. The Morgan fingerprint density at radius 2 is 1.87 bits per heavy atom. The van der Waals surface area contributed by atoms with E-state index in [1.807, 2.05) is 30.3 Å². The van der Waals surface area contributed by atoms with Crippen LogP contribution in [-0.2, 0) is 11.3 Å². The van der Waals surface area contributed by atoms with Gasteiger partial charge in [0.15, 0.2) is 0 Å². The van der Waals surface area contributed by atoms with Crippen molar-refractivity contribution in [3.05, 3.63) is 35.9 Å². The van der Waals surface area contributed by atoms with E-state index in [2.05, 4.69) is 49.3 Å². The highest BCUT2D eigenvalue weighted by Gasteiger charge is 2.17. The average Bonchev–Trinajstić information content (AvgIpc) is 2.73. The fourth-order valence-corrected chi connectivity index (χ4v) is 3.12. The van der Waals surface area contributed by atoms with Crippen LogP contribution in [0.2, 0.25) is 0 Å². The van der Waals surface area contributed by atoms with Gasteiger partial charge in [-0.1, -0.05) is 37.3 Å². The topological polar surface area (TPSA) is 71.8 Å². The van der Waals surface area contributed by atoms with E-state index in [1.54, 1.807) is 0 Å². The maximum atomic E-state index is 12.4. The normalized spacial score (nSPS) is 12.0. The van der Waals surface area contributed by atoms with Crippen LogP contribution in [0.5, 0.6) is 0 Å². The Morgan fingerprint density at radius 3 is 2.50 bits per heavy atom. The molecule has 7 heteroatoms. The van der Waals surface area contributed by atoms with E-state index in [0.29, 0.717) is 12.6 Å². The fraction of sp³-hybridized carbons (Fsp3) is 0.652. The Labute approximate surface area is 182 Å². The Kier molecular flexibility index (Phi) is 13.5. The van der Waals surface area contributed by atoms with Crippen molar-refractivity contribution in [3.8, 4) is 6.07 Å². The minimum absolute atomic E-state index is 0.0403. The van der Waals surface area contributed by atoms with Gasteiger partial charge in [0.2, 0.25) is 0 Å². The molecule has 7 nitrogen and oxygen atoms in total. The lowest BCUT2D eigenvalue weighted by molar-refractivity contribution is 0.0990. The zero-order chi connectivity index (χ0) is 22.2. The number of hydrogen-bond donors (Lipinski definition) is 1. The van der Waals surface area contributed by atoms with Crippen LogP contribution in [0.15, 0.2) is 30.3 Å². The molecule has 1 aromatic rings. The number of likely N-dealkylation sites (N-methyl/N-ethyl adjacent to an activating group) is 1. The molecule has 0 aliphatic heterocycles. The zero-order valence-electron chi connectivity index (χ0n) is 19.1. The lowest BCUT2D eigenvalue weighted by atomic mass is 10.1. The second kappa shape index (κ2) is 15.7. The summed E-state index contributed by atoms with van der Waals surface area (Å²) in [5.74, 6) is 0.